The molecule has 0 aliphatic carbocycles. The first kappa shape index (κ1) is 26.5. The molecule has 194 valence electrons. The van der Waals surface area contributed by atoms with Gasteiger partial charge in [0.1, 0.15) is 18.2 Å². The van der Waals surface area contributed by atoms with Gasteiger partial charge >= 0.3 is 0 Å². The van der Waals surface area contributed by atoms with Crippen LogP contribution in [-0.4, -0.2) is 36.9 Å². The summed E-state index contributed by atoms with van der Waals surface area (Å²) in [6, 6.07) is 22.0. The standard InChI is InChI=1S/C31H31N3O4/c1-22-7-6-8-27(17-22)33-30(35)26(20-32)18-24-11-14-28(29(19-24)37-2)38-21-23-9-12-25(13-10-23)31(36)34-15-4-3-5-16-34/h6-14,17-19H,3-5,15-16,21H2,1-2H3,(H,33,35)/b26-18-. The number of amides is 2. The Bertz CT molecular complexity index is 1370. The molecular formula is C31H31N3O4. The topological polar surface area (TPSA) is 91.7 Å². The van der Waals surface area contributed by atoms with E-state index in [1.54, 1.807) is 24.3 Å². The highest BCUT2D eigenvalue weighted by atomic mass is 16.5. The normalized spacial score (nSPS) is 13.4. The van der Waals surface area contributed by atoms with Crippen molar-refractivity contribution >= 4 is 23.6 Å². The molecule has 3 aromatic rings. The molecule has 0 spiro atoms. The molecule has 4 rings (SSSR count). The summed E-state index contributed by atoms with van der Waals surface area (Å²) in [6.45, 7) is 3.87. The maximum Gasteiger partial charge on any atom is 0.266 e. The fourth-order valence-electron chi connectivity index (χ4n) is 4.31. The summed E-state index contributed by atoms with van der Waals surface area (Å²) in [5.41, 5.74) is 3.84. The number of nitrogens with one attached hydrogen (secondary N) is 1. The molecule has 7 nitrogen and oxygen atoms in total. The molecule has 0 saturated carbocycles. The second-order valence-electron chi connectivity index (χ2n) is 9.24. The van der Waals surface area contributed by atoms with Crippen LogP contribution in [0, 0.1) is 18.3 Å². The van der Waals surface area contributed by atoms with E-state index in [9.17, 15) is 14.9 Å². The third kappa shape index (κ3) is 6.80. The monoisotopic (exact) mass is 509 g/mol. The van der Waals surface area contributed by atoms with Crippen molar-refractivity contribution in [2.45, 2.75) is 32.8 Å². The van der Waals surface area contributed by atoms with Crippen molar-refractivity contribution in [1.29, 1.82) is 5.26 Å². The number of benzene rings is 3. The number of aryl methyl sites for hydroxylation is 1. The quantitative estimate of drug-likeness (QED) is 0.308. The van der Waals surface area contributed by atoms with Gasteiger partial charge in [-0.2, -0.15) is 5.26 Å². The first-order valence-electron chi connectivity index (χ1n) is 12.7. The van der Waals surface area contributed by atoms with Gasteiger partial charge in [0, 0.05) is 24.3 Å². The van der Waals surface area contributed by atoms with E-state index in [1.165, 1.54) is 19.6 Å². The van der Waals surface area contributed by atoms with E-state index in [0.29, 0.717) is 34.9 Å². The maximum atomic E-state index is 12.7. The van der Waals surface area contributed by atoms with Crippen molar-refractivity contribution < 1.29 is 19.1 Å². The SMILES string of the molecule is COc1cc(/C=C(/C#N)C(=O)Nc2cccc(C)c2)ccc1OCc1ccc(C(=O)N2CCCCC2)cc1. The summed E-state index contributed by atoms with van der Waals surface area (Å²) >= 11 is 0. The average Bonchev–Trinajstić information content (AvgIpc) is 2.95. The van der Waals surface area contributed by atoms with Gasteiger partial charge < -0.3 is 19.7 Å². The number of piperidine rings is 1. The van der Waals surface area contributed by atoms with Crippen molar-refractivity contribution in [3.63, 3.8) is 0 Å². The van der Waals surface area contributed by atoms with Crippen molar-refractivity contribution in [3.05, 3.63) is 94.6 Å². The third-order valence-electron chi connectivity index (χ3n) is 6.38. The predicted molar refractivity (Wildman–Crippen MR) is 147 cm³/mol. The zero-order valence-electron chi connectivity index (χ0n) is 21.7. The molecule has 1 N–H and O–H groups in total. The van der Waals surface area contributed by atoms with Gasteiger partial charge in [-0.05, 0) is 85.4 Å². The number of rotatable bonds is 8. The van der Waals surface area contributed by atoms with Gasteiger partial charge in [-0.25, -0.2) is 0 Å². The Morgan fingerprint density at radius 1 is 1.00 bits per heavy atom. The lowest BCUT2D eigenvalue weighted by Gasteiger charge is -2.26. The van der Waals surface area contributed by atoms with Gasteiger partial charge in [-0.15, -0.1) is 0 Å². The van der Waals surface area contributed by atoms with E-state index in [2.05, 4.69) is 5.32 Å². The van der Waals surface area contributed by atoms with Crippen molar-refractivity contribution in [2.75, 3.05) is 25.5 Å². The maximum absolute atomic E-state index is 12.7. The first-order chi connectivity index (χ1) is 18.5. The Morgan fingerprint density at radius 2 is 1.76 bits per heavy atom. The Morgan fingerprint density at radius 3 is 2.45 bits per heavy atom. The molecule has 7 heteroatoms. The molecule has 1 heterocycles. The highest BCUT2D eigenvalue weighted by Crippen LogP contribution is 2.30. The van der Waals surface area contributed by atoms with Crippen LogP contribution < -0.4 is 14.8 Å². The molecule has 3 aromatic carbocycles. The van der Waals surface area contributed by atoms with Gasteiger partial charge in [0.25, 0.3) is 11.8 Å². The Balaban J connectivity index is 1.40. The van der Waals surface area contributed by atoms with Crippen LogP contribution in [0.3, 0.4) is 0 Å². The van der Waals surface area contributed by atoms with Crippen LogP contribution in [0.1, 0.15) is 46.3 Å². The summed E-state index contributed by atoms with van der Waals surface area (Å²) in [4.78, 5) is 27.2. The van der Waals surface area contributed by atoms with Crippen LogP contribution in [0.15, 0.2) is 72.3 Å². The predicted octanol–water partition coefficient (Wildman–Crippen LogP) is 5.75. The lowest BCUT2D eigenvalue weighted by Crippen LogP contribution is -2.35. The highest BCUT2D eigenvalue weighted by Gasteiger charge is 2.18. The molecule has 1 aliphatic heterocycles. The number of carbonyl (C=O) groups excluding carboxylic acids is 2. The van der Waals surface area contributed by atoms with E-state index in [0.717, 1.165) is 37.1 Å². The summed E-state index contributed by atoms with van der Waals surface area (Å²) in [7, 11) is 1.53. The molecule has 1 fully saturated rings. The zero-order valence-corrected chi connectivity index (χ0v) is 21.7. The molecule has 0 radical (unpaired) electrons. The Labute approximate surface area is 223 Å². The zero-order chi connectivity index (χ0) is 26.9. The molecule has 0 atom stereocenters. The Kier molecular flexibility index (Phi) is 8.78. The fourth-order valence-corrected chi connectivity index (χ4v) is 4.31. The summed E-state index contributed by atoms with van der Waals surface area (Å²) in [6.07, 6.45) is 4.82. The molecule has 1 aliphatic rings. The lowest BCUT2D eigenvalue weighted by molar-refractivity contribution is -0.112. The van der Waals surface area contributed by atoms with Gasteiger partial charge in [0.2, 0.25) is 0 Å². The largest absolute Gasteiger partial charge is 0.493 e. The van der Waals surface area contributed by atoms with E-state index in [-0.39, 0.29) is 11.5 Å². The number of likely N-dealkylation sites (tertiary alicyclic amines) is 1. The van der Waals surface area contributed by atoms with E-state index >= 15 is 0 Å². The number of ether oxygens (including phenoxy) is 2. The smallest absolute Gasteiger partial charge is 0.266 e. The summed E-state index contributed by atoms with van der Waals surface area (Å²) in [5, 5.41) is 12.3. The van der Waals surface area contributed by atoms with E-state index < -0.39 is 5.91 Å². The van der Waals surface area contributed by atoms with Crippen LogP contribution in [-0.2, 0) is 11.4 Å². The van der Waals surface area contributed by atoms with E-state index in [1.807, 2.05) is 60.4 Å². The number of anilines is 1. The van der Waals surface area contributed by atoms with Crippen molar-refractivity contribution in [2.24, 2.45) is 0 Å². The van der Waals surface area contributed by atoms with Crippen molar-refractivity contribution in [3.8, 4) is 17.6 Å². The third-order valence-corrected chi connectivity index (χ3v) is 6.38. The van der Waals surface area contributed by atoms with Crippen LogP contribution in [0.25, 0.3) is 6.08 Å². The molecule has 38 heavy (non-hydrogen) atoms. The highest BCUT2D eigenvalue weighted by molar-refractivity contribution is 6.09. The average molecular weight is 510 g/mol. The minimum Gasteiger partial charge on any atom is -0.493 e. The summed E-state index contributed by atoms with van der Waals surface area (Å²) in [5.74, 6) is 0.597. The molecule has 2 amide bonds. The molecule has 0 aromatic heterocycles. The number of carbonyl (C=O) groups is 2. The van der Waals surface area contributed by atoms with Crippen LogP contribution in [0.5, 0.6) is 11.5 Å². The van der Waals surface area contributed by atoms with Gasteiger partial charge in [-0.3, -0.25) is 9.59 Å². The first-order valence-corrected chi connectivity index (χ1v) is 12.7. The molecule has 0 bridgehead atoms. The minimum atomic E-state index is -0.486. The molecule has 0 unspecified atom stereocenters. The van der Waals surface area contributed by atoms with Gasteiger partial charge in [0.15, 0.2) is 11.5 Å². The van der Waals surface area contributed by atoms with Crippen LogP contribution in [0.4, 0.5) is 5.69 Å². The number of hydrogen-bond acceptors (Lipinski definition) is 5. The van der Waals surface area contributed by atoms with Crippen molar-refractivity contribution in [1.82, 2.24) is 4.90 Å². The van der Waals surface area contributed by atoms with Gasteiger partial charge in [0.05, 0.1) is 7.11 Å². The Hall–Kier alpha value is -4.57. The second kappa shape index (κ2) is 12.6. The number of methoxy groups -OCH3 is 1. The van der Waals surface area contributed by atoms with Crippen LogP contribution in [0.2, 0.25) is 0 Å². The number of nitriles is 1. The van der Waals surface area contributed by atoms with Crippen LogP contribution >= 0.6 is 0 Å². The van der Waals surface area contributed by atoms with E-state index in [4.69, 9.17) is 9.47 Å². The number of nitrogens with zero attached hydrogens (tertiary/aromatic N) is 2. The number of hydrogen-bond donors (Lipinski definition) is 1. The van der Waals surface area contributed by atoms with Gasteiger partial charge in [-0.1, -0.05) is 30.3 Å². The molecular weight excluding hydrogens is 478 g/mol. The second-order valence-corrected chi connectivity index (χ2v) is 9.24. The minimum absolute atomic E-state index is 0.0265. The molecule has 1 saturated heterocycles. The lowest BCUT2D eigenvalue weighted by atomic mass is 10.1. The fraction of sp³-hybridized carbons (Fsp3) is 0.258. The summed E-state index contributed by atoms with van der Waals surface area (Å²) < 4.78 is 11.5.